The first-order chi connectivity index (χ1) is 9.08. The van der Waals surface area contributed by atoms with Crippen LogP contribution in [0.5, 0.6) is 11.5 Å². The van der Waals surface area contributed by atoms with E-state index in [2.05, 4.69) is 0 Å². The molecule has 1 aromatic carbocycles. The highest BCUT2D eigenvalue weighted by Crippen LogP contribution is 2.38. The number of rotatable bonds is 4. The largest absolute Gasteiger partial charge is 0.490 e. The van der Waals surface area contributed by atoms with Gasteiger partial charge in [0.15, 0.2) is 11.5 Å². The Kier molecular flexibility index (Phi) is 4.50. The van der Waals surface area contributed by atoms with E-state index in [0.29, 0.717) is 35.3 Å². The van der Waals surface area contributed by atoms with Crippen LogP contribution in [-0.4, -0.2) is 29.4 Å². The van der Waals surface area contributed by atoms with Crippen molar-refractivity contribution in [2.24, 2.45) is 0 Å². The number of carboxylic acid groups (broad SMARTS) is 1. The van der Waals surface area contributed by atoms with Crippen LogP contribution < -0.4 is 9.47 Å². The average Bonchev–Trinajstić information content (AvgIpc) is 2.59. The molecule has 0 saturated heterocycles. The lowest BCUT2D eigenvalue weighted by Gasteiger charge is -2.15. The number of hydrogen-bond acceptors (Lipinski definition) is 4. The summed E-state index contributed by atoms with van der Waals surface area (Å²) in [7, 11) is 0. The Labute approximate surface area is 115 Å². The SMILES string of the molecule is O=C(O)CCC(O)c1cc2c(cc1Cl)OCCCO2. The summed E-state index contributed by atoms with van der Waals surface area (Å²) in [6.45, 7) is 1.10. The second-order valence-corrected chi connectivity index (χ2v) is 4.73. The first-order valence-corrected chi connectivity index (χ1v) is 6.44. The molecule has 0 fully saturated rings. The molecule has 0 radical (unpaired) electrons. The molecule has 104 valence electrons. The second kappa shape index (κ2) is 6.12. The molecule has 1 unspecified atom stereocenters. The van der Waals surface area contributed by atoms with Gasteiger partial charge in [-0.15, -0.1) is 0 Å². The van der Waals surface area contributed by atoms with E-state index in [0.717, 1.165) is 6.42 Å². The summed E-state index contributed by atoms with van der Waals surface area (Å²) in [6, 6.07) is 3.22. The van der Waals surface area contributed by atoms with Crippen molar-refractivity contribution in [3.63, 3.8) is 0 Å². The van der Waals surface area contributed by atoms with Crippen molar-refractivity contribution in [2.75, 3.05) is 13.2 Å². The Morgan fingerprint density at radius 3 is 2.58 bits per heavy atom. The molecule has 1 aromatic rings. The molecule has 1 atom stereocenters. The van der Waals surface area contributed by atoms with Gasteiger partial charge in [-0.3, -0.25) is 4.79 Å². The zero-order chi connectivity index (χ0) is 13.8. The van der Waals surface area contributed by atoms with Gasteiger partial charge in [-0.1, -0.05) is 11.6 Å². The zero-order valence-corrected chi connectivity index (χ0v) is 11.0. The number of aliphatic carboxylic acids is 1. The van der Waals surface area contributed by atoms with Gasteiger partial charge in [-0.25, -0.2) is 0 Å². The lowest BCUT2D eigenvalue weighted by Crippen LogP contribution is -2.04. The smallest absolute Gasteiger partial charge is 0.303 e. The monoisotopic (exact) mass is 286 g/mol. The molecule has 2 N–H and O–H groups in total. The van der Waals surface area contributed by atoms with Gasteiger partial charge in [0.05, 0.1) is 24.3 Å². The van der Waals surface area contributed by atoms with Gasteiger partial charge >= 0.3 is 5.97 Å². The van der Waals surface area contributed by atoms with Crippen LogP contribution in [0.2, 0.25) is 5.02 Å². The summed E-state index contributed by atoms with van der Waals surface area (Å²) in [5.41, 5.74) is 0.465. The minimum atomic E-state index is -0.954. The van der Waals surface area contributed by atoms with Crippen molar-refractivity contribution in [3.8, 4) is 11.5 Å². The molecule has 0 spiro atoms. The molecule has 0 amide bonds. The molecular formula is C13H15ClO5. The van der Waals surface area contributed by atoms with Crippen LogP contribution >= 0.6 is 11.6 Å². The third-order valence-corrected chi connectivity index (χ3v) is 3.18. The maximum Gasteiger partial charge on any atom is 0.303 e. The normalized spacial score (nSPS) is 15.7. The predicted octanol–water partition coefficient (Wildman–Crippen LogP) is 2.40. The fourth-order valence-corrected chi connectivity index (χ4v) is 2.15. The first-order valence-electron chi connectivity index (χ1n) is 6.07. The standard InChI is InChI=1S/C13H15ClO5/c14-9-7-12-11(18-4-1-5-19-12)6-8(9)10(15)2-3-13(16)17/h6-7,10,15H,1-5H2,(H,16,17). The molecule has 1 aliphatic rings. The van der Waals surface area contributed by atoms with E-state index in [1.807, 2.05) is 0 Å². The van der Waals surface area contributed by atoms with E-state index in [-0.39, 0.29) is 12.8 Å². The summed E-state index contributed by atoms with van der Waals surface area (Å²) >= 11 is 6.08. The summed E-state index contributed by atoms with van der Waals surface area (Å²) in [5, 5.41) is 18.9. The zero-order valence-electron chi connectivity index (χ0n) is 10.3. The molecule has 0 saturated carbocycles. The number of benzene rings is 1. The van der Waals surface area contributed by atoms with E-state index in [1.54, 1.807) is 12.1 Å². The fourth-order valence-electron chi connectivity index (χ4n) is 1.87. The highest BCUT2D eigenvalue weighted by atomic mass is 35.5. The van der Waals surface area contributed by atoms with Gasteiger partial charge in [-0.2, -0.15) is 0 Å². The van der Waals surface area contributed by atoms with Crippen LogP contribution in [0.4, 0.5) is 0 Å². The van der Waals surface area contributed by atoms with Crippen molar-refractivity contribution < 1.29 is 24.5 Å². The van der Waals surface area contributed by atoms with Gasteiger partial charge < -0.3 is 19.7 Å². The summed E-state index contributed by atoms with van der Waals surface area (Å²) in [6.07, 6.45) is -0.162. The molecular weight excluding hydrogens is 272 g/mol. The number of carboxylic acids is 1. The predicted molar refractivity (Wildman–Crippen MR) is 68.9 cm³/mol. The van der Waals surface area contributed by atoms with E-state index in [4.69, 9.17) is 26.2 Å². The van der Waals surface area contributed by atoms with Crippen LogP contribution in [-0.2, 0) is 4.79 Å². The minimum absolute atomic E-state index is 0.106. The lowest BCUT2D eigenvalue weighted by molar-refractivity contribution is -0.137. The highest BCUT2D eigenvalue weighted by Gasteiger charge is 2.19. The summed E-state index contributed by atoms with van der Waals surface area (Å²) < 4.78 is 11.0. The van der Waals surface area contributed by atoms with Gasteiger partial charge in [-0.05, 0) is 12.5 Å². The number of fused-ring (bicyclic) bond motifs is 1. The van der Waals surface area contributed by atoms with Crippen LogP contribution in [0.15, 0.2) is 12.1 Å². The minimum Gasteiger partial charge on any atom is -0.490 e. The lowest BCUT2D eigenvalue weighted by atomic mass is 10.0. The highest BCUT2D eigenvalue weighted by molar-refractivity contribution is 6.31. The van der Waals surface area contributed by atoms with Crippen LogP contribution in [0.25, 0.3) is 0 Å². The van der Waals surface area contributed by atoms with Gasteiger partial charge in [0.1, 0.15) is 0 Å². The van der Waals surface area contributed by atoms with Gasteiger partial charge in [0.25, 0.3) is 0 Å². The van der Waals surface area contributed by atoms with Crippen molar-refractivity contribution in [3.05, 3.63) is 22.7 Å². The maximum absolute atomic E-state index is 10.5. The topological polar surface area (TPSA) is 76.0 Å². The number of carbonyl (C=O) groups is 1. The van der Waals surface area contributed by atoms with Crippen LogP contribution in [0, 0.1) is 0 Å². The molecule has 5 nitrogen and oxygen atoms in total. The van der Waals surface area contributed by atoms with E-state index in [1.165, 1.54) is 0 Å². The molecule has 0 aliphatic carbocycles. The Morgan fingerprint density at radius 2 is 1.95 bits per heavy atom. The van der Waals surface area contributed by atoms with Gasteiger partial charge in [0.2, 0.25) is 0 Å². The third kappa shape index (κ3) is 3.52. The van der Waals surface area contributed by atoms with E-state index >= 15 is 0 Å². The van der Waals surface area contributed by atoms with E-state index < -0.39 is 12.1 Å². The third-order valence-electron chi connectivity index (χ3n) is 2.86. The summed E-state index contributed by atoms with van der Waals surface area (Å²) in [4.78, 5) is 10.5. The Morgan fingerprint density at radius 1 is 1.32 bits per heavy atom. The molecule has 6 heteroatoms. The molecule has 1 aliphatic heterocycles. The molecule has 1 heterocycles. The summed E-state index contributed by atoms with van der Waals surface area (Å²) in [5.74, 6) is 0.132. The number of halogens is 1. The quantitative estimate of drug-likeness (QED) is 0.889. The second-order valence-electron chi connectivity index (χ2n) is 4.32. The van der Waals surface area contributed by atoms with Crippen molar-refractivity contribution in [1.82, 2.24) is 0 Å². The van der Waals surface area contributed by atoms with Crippen LogP contribution in [0.3, 0.4) is 0 Å². The maximum atomic E-state index is 10.5. The molecule has 2 rings (SSSR count). The van der Waals surface area contributed by atoms with E-state index in [9.17, 15) is 9.90 Å². The fraction of sp³-hybridized carbons (Fsp3) is 0.462. The molecule has 0 aromatic heterocycles. The van der Waals surface area contributed by atoms with Crippen molar-refractivity contribution in [2.45, 2.75) is 25.4 Å². The van der Waals surface area contributed by atoms with Crippen molar-refractivity contribution >= 4 is 17.6 Å². The number of aliphatic hydroxyl groups excluding tert-OH is 1. The van der Waals surface area contributed by atoms with Gasteiger partial charge in [0, 0.05) is 24.5 Å². The molecule has 19 heavy (non-hydrogen) atoms. The Balaban J connectivity index is 2.20. The first kappa shape index (κ1) is 14.0. The Bertz CT molecular complexity index is 474. The average molecular weight is 287 g/mol. The van der Waals surface area contributed by atoms with Crippen LogP contribution in [0.1, 0.15) is 30.9 Å². The van der Waals surface area contributed by atoms with Crippen molar-refractivity contribution in [1.29, 1.82) is 0 Å². The number of aliphatic hydroxyl groups is 1. The Hall–Kier alpha value is -1.46. The number of hydrogen-bond donors (Lipinski definition) is 2. The molecule has 0 bridgehead atoms. The number of ether oxygens (including phenoxy) is 2.